The first-order valence-electron chi connectivity index (χ1n) is 7.55. The summed E-state index contributed by atoms with van der Waals surface area (Å²) in [7, 11) is 0. The SMILES string of the molecule is O=C(N[C@H]1CC(=O)N(c2cccc(F)c2)C1)c1cccc([N+](=O)[O-])c1. The van der Waals surface area contributed by atoms with Crippen LogP contribution in [0, 0.1) is 15.9 Å². The van der Waals surface area contributed by atoms with Crippen molar-refractivity contribution in [1.82, 2.24) is 5.32 Å². The lowest BCUT2D eigenvalue weighted by Gasteiger charge is -2.17. The van der Waals surface area contributed by atoms with Gasteiger partial charge in [0.25, 0.3) is 11.6 Å². The van der Waals surface area contributed by atoms with Gasteiger partial charge in [-0.25, -0.2) is 4.39 Å². The van der Waals surface area contributed by atoms with Crippen molar-refractivity contribution in [2.24, 2.45) is 0 Å². The molecular formula is C17H14FN3O4. The van der Waals surface area contributed by atoms with Crippen LogP contribution in [-0.2, 0) is 4.79 Å². The number of rotatable bonds is 4. The van der Waals surface area contributed by atoms with Crippen molar-refractivity contribution in [2.45, 2.75) is 12.5 Å². The second-order valence-electron chi connectivity index (χ2n) is 5.67. The molecule has 1 saturated heterocycles. The van der Waals surface area contributed by atoms with E-state index in [2.05, 4.69) is 5.32 Å². The van der Waals surface area contributed by atoms with Crippen LogP contribution in [-0.4, -0.2) is 29.3 Å². The maximum atomic E-state index is 13.3. The molecule has 1 heterocycles. The molecular weight excluding hydrogens is 329 g/mol. The standard InChI is InChI=1S/C17H14FN3O4/c18-12-4-2-5-14(8-12)20-10-13(9-16(20)22)19-17(23)11-3-1-6-15(7-11)21(24)25/h1-8,13H,9-10H2,(H,19,23)/t13-/m0/s1. The van der Waals surface area contributed by atoms with Crippen LogP contribution in [0.4, 0.5) is 15.8 Å². The maximum Gasteiger partial charge on any atom is 0.270 e. The molecule has 0 aliphatic carbocycles. The molecule has 8 heteroatoms. The first-order chi connectivity index (χ1) is 11.9. The number of nitrogens with zero attached hydrogens (tertiary/aromatic N) is 2. The fourth-order valence-corrected chi connectivity index (χ4v) is 2.73. The molecule has 0 saturated carbocycles. The van der Waals surface area contributed by atoms with E-state index in [1.54, 1.807) is 6.07 Å². The molecule has 128 valence electrons. The van der Waals surface area contributed by atoms with Gasteiger partial charge < -0.3 is 10.2 Å². The van der Waals surface area contributed by atoms with E-state index < -0.39 is 22.7 Å². The topological polar surface area (TPSA) is 92.6 Å². The van der Waals surface area contributed by atoms with Crippen molar-refractivity contribution in [1.29, 1.82) is 0 Å². The first-order valence-corrected chi connectivity index (χ1v) is 7.55. The Morgan fingerprint density at radius 1 is 1.24 bits per heavy atom. The molecule has 0 radical (unpaired) electrons. The van der Waals surface area contributed by atoms with Gasteiger partial charge in [0, 0.05) is 36.3 Å². The fraction of sp³-hybridized carbons (Fsp3) is 0.176. The van der Waals surface area contributed by atoms with Crippen molar-refractivity contribution < 1.29 is 18.9 Å². The van der Waals surface area contributed by atoms with Crippen molar-refractivity contribution >= 4 is 23.2 Å². The summed E-state index contributed by atoms with van der Waals surface area (Å²) in [5.74, 6) is -1.17. The van der Waals surface area contributed by atoms with Crippen LogP contribution in [0.15, 0.2) is 48.5 Å². The number of nitro benzene ring substituents is 1. The van der Waals surface area contributed by atoms with E-state index in [9.17, 15) is 24.1 Å². The van der Waals surface area contributed by atoms with Crippen molar-refractivity contribution in [2.75, 3.05) is 11.4 Å². The predicted molar refractivity (Wildman–Crippen MR) is 87.7 cm³/mol. The highest BCUT2D eigenvalue weighted by molar-refractivity contribution is 5.99. The van der Waals surface area contributed by atoms with Crippen LogP contribution in [0.25, 0.3) is 0 Å². The van der Waals surface area contributed by atoms with Gasteiger partial charge >= 0.3 is 0 Å². The van der Waals surface area contributed by atoms with Gasteiger partial charge in [0.1, 0.15) is 5.82 Å². The third-order valence-electron chi connectivity index (χ3n) is 3.90. The molecule has 1 aliphatic heterocycles. The summed E-state index contributed by atoms with van der Waals surface area (Å²) in [5, 5.41) is 13.5. The van der Waals surface area contributed by atoms with E-state index in [1.807, 2.05) is 0 Å². The van der Waals surface area contributed by atoms with Gasteiger partial charge in [-0.1, -0.05) is 12.1 Å². The Morgan fingerprint density at radius 3 is 2.72 bits per heavy atom. The van der Waals surface area contributed by atoms with Crippen LogP contribution in [0.3, 0.4) is 0 Å². The van der Waals surface area contributed by atoms with Gasteiger partial charge in [0.05, 0.1) is 11.0 Å². The minimum absolute atomic E-state index is 0.0805. The van der Waals surface area contributed by atoms with Gasteiger partial charge in [-0.05, 0) is 24.3 Å². The lowest BCUT2D eigenvalue weighted by atomic mass is 10.1. The zero-order chi connectivity index (χ0) is 18.0. The van der Waals surface area contributed by atoms with Gasteiger partial charge in [-0.3, -0.25) is 19.7 Å². The van der Waals surface area contributed by atoms with E-state index in [0.717, 1.165) is 0 Å². The fourth-order valence-electron chi connectivity index (χ4n) is 2.73. The van der Waals surface area contributed by atoms with Crippen molar-refractivity contribution in [3.63, 3.8) is 0 Å². The number of hydrogen-bond donors (Lipinski definition) is 1. The molecule has 3 rings (SSSR count). The zero-order valence-electron chi connectivity index (χ0n) is 13.0. The van der Waals surface area contributed by atoms with Crippen LogP contribution in [0.2, 0.25) is 0 Å². The number of nitro groups is 1. The molecule has 1 aliphatic rings. The highest BCUT2D eigenvalue weighted by Crippen LogP contribution is 2.22. The summed E-state index contributed by atoms with van der Waals surface area (Å²) in [6, 6.07) is 10.6. The molecule has 2 aromatic carbocycles. The van der Waals surface area contributed by atoms with Crippen molar-refractivity contribution in [3.8, 4) is 0 Å². The van der Waals surface area contributed by atoms with Crippen LogP contribution in [0.5, 0.6) is 0 Å². The number of anilines is 1. The molecule has 0 unspecified atom stereocenters. The third kappa shape index (κ3) is 3.63. The summed E-state index contributed by atoms with van der Waals surface area (Å²) >= 11 is 0. The highest BCUT2D eigenvalue weighted by Gasteiger charge is 2.32. The Bertz CT molecular complexity index is 855. The first kappa shape index (κ1) is 16.6. The molecule has 1 N–H and O–H groups in total. The molecule has 7 nitrogen and oxygen atoms in total. The minimum Gasteiger partial charge on any atom is -0.347 e. The molecule has 2 aromatic rings. The molecule has 0 spiro atoms. The Hall–Kier alpha value is -3.29. The normalized spacial score (nSPS) is 16.8. The number of carbonyl (C=O) groups is 2. The van der Waals surface area contributed by atoms with Gasteiger partial charge in [-0.2, -0.15) is 0 Å². The summed E-state index contributed by atoms with van der Waals surface area (Å²) < 4.78 is 13.3. The van der Waals surface area contributed by atoms with E-state index in [-0.39, 0.29) is 30.1 Å². The minimum atomic E-state index is -0.582. The number of carbonyl (C=O) groups excluding carboxylic acids is 2. The number of nitrogens with one attached hydrogen (secondary N) is 1. The van der Waals surface area contributed by atoms with E-state index in [4.69, 9.17) is 0 Å². The molecule has 2 amide bonds. The van der Waals surface area contributed by atoms with Crippen LogP contribution >= 0.6 is 0 Å². The Kier molecular flexibility index (Phi) is 4.42. The quantitative estimate of drug-likeness (QED) is 0.681. The number of amides is 2. The molecule has 1 atom stereocenters. The Labute approximate surface area is 142 Å². The molecule has 25 heavy (non-hydrogen) atoms. The van der Waals surface area contributed by atoms with E-state index >= 15 is 0 Å². The summed E-state index contributed by atoms with van der Waals surface area (Å²) in [6.45, 7) is 0.211. The zero-order valence-corrected chi connectivity index (χ0v) is 13.0. The van der Waals surface area contributed by atoms with Crippen LogP contribution < -0.4 is 10.2 Å². The van der Waals surface area contributed by atoms with Crippen molar-refractivity contribution in [3.05, 3.63) is 70.0 Å². The number of hydrogen-bond acceptors (Lipinski definition) is 4. The van der Waals surface area contributed by atoms with E-state index in [1.165, 1.54) is 47.4 Å². The summed E-state index contributed by atoms with van der Waals surface area (Å²) in [5.41, 5.74) is 0.388. The lowest BCUT2D eigenvalue weighted by molar-refractivity contribution is -0.384. The number of benzene rings is 2. The molecule has 0 aromatic heterocycles. The highest BCUT2D eigenvalue weighted by atomic mass is 19.1. The monoisotopic (exact) mass is 343 g/mol. The van der Waals surface area contributed by atoms with E-state index in [0.29, 0.717) is 5.69 Å². The average molecular weight is 343 g/mol. The third-order valence-corrected chi connectivity index (χ3v) is 3.90. The smallest absolute Gasteiger partial charge is 0.270 e. The maximum absolute atomic E-state index is 13.3. The van der Waals surface area contributed by atoms with Crippen LogP contribution in [0.1, 0.15) is 16.8 Å². The summed E-state index contributed by atoms with van der Waals surface area (Å²) in [6.07, 6.45) is 0.0805. The predicted octanol–water partition coefficient (Wildman–Crippen LogP) is 2.27. The molecule has 0 bridgehead atoms. The second kappa shape index (κ2) is 6.68. The Morgan fingerprint density at radius 2 is 2.00 bits per heavy atom. The van der Waals surface area contributed by atoms with Gasteiger partial charge in [0.15, 0.2) is 0 Å². The largest absolute Gasteiger partial charge is 0.347 e. The average Bonchev–Trinajstić information content (AvgIpc) is 2.95. The summed E-state index contributed by atoms with van der Waals surface area (Å²) in [4.78, 5) is 36.0. The Balaban J connectivity index is 1.70. The lowest BCUT2D eigenvalue weighted by Crippen LogP contribution is -2.37. The second-order valence-corrected chi connectivity index (χ2v) is 5.67. The number of non-ortho nitro benzene ring substituents is 1. The van der Waals surface area contributed by atoms with Gasteiger partial charge in [0.2, 0.25) is 5.91 Å². The molecule has 1 fully saturated rings. The van der Waals surface area contributed by atoms with Gasteiger partial charge in [-0.15, -0.1) is 0 Å². The number of halogens is 1.